The SMILES string of the molecule is COc1ccc(-c2nc(C(=O)N3CCC(c4ncccn4)CC3)c([C@H](C)N)o2)c2ccc(C(F)(F)F)nc12. The van der Waals surface area contributed by atoms with Gasteiger partial charge in [-0.1, -0.05) is 0 Å². The van der Waals surface area contributed by atoms with Crippen molar-refractivity contribution in [2.75, 3.05) is 20.2 Å². The van der Waals surface area contributed by atoms with Crippen LogP contribution in [-0.2, 0) is 6.18 Å². The summed E-state index contributed by atoms with van der Waals surface area (Å²) in [5.74, 6) is 1.00. The fourth-order valence-electron chi connectivity index (χ4n) is 4.62. The predicted octanol–water partition coefficient (Wildman–Crippen LogP) is 4.75. The number of hydrogen-bond acceptors (Lipinski definition) is 8. The van der Waals surface area contributed by atoms with Crippen molar-refractivity contribution in [3.05, 3.63) is 65.7 Å². The molecule has 4 aromatic rings. The number of oxazole rings is 1. The molecule has 1 aliphatic rings. The molecule has 1 amide bonds. The molecule has 1 aromatic carbocycles. The van der Waals surface area contributed by atoms with E-state index in [2.05, 4.69) is 19.9 Å². The largest absolute Gasteiger partial charge is 0.494 e. The van der Waals surface area contributed by atoms with Crippen molar-refractivity contribution in [1.82, 2.24) is 24.8 Å². The Morgan fingerprint density at radius 2 is 1.84 bits per heavy atom. The molecule has 38 heavy (non-hydrogen) atoms. The second-order valence-corrected chi connectivity index (χ2v) is 9.10. The minimum atomic E-state index is -4.63. The number of carbonyl (C=O) groups is 1. The maximum absolute atomic E-state index is 13.5. The lowest BCUT2D eigenvalue weighted by molar-refractivity contribution is -0.140. The second-order valence-electron chi connectivity index (χ2n) is 9.10. The molecule has 0 aliphatic carbocycles. The lowest BCUT2D eigenvalue weighted by Gasteiger charge is -2.31. The number of carbonyl (C=O) groups excluding carboxylic acids is 1. The van der Waals surface area contributed by atoms with Crippen molar-refractivity contribution >= 4 is 16.8 Å². The number of fused-ring (bicyclic) bond motifs is 1. The third-order valence-electron chi connectivity index (χ3n) is 6.56. The number of aromatic nitrogens is 4. The molecule has 5 rings (SSSR count). The molecule has 3 aromatic heterocycles. The molecular formula is C26H25F3N6O3. The van der Waals surface area contributed by atoms with Crippen molar-refractivity contribution in [2.24, 2.45) is 5.73 Å². The first-order valence-corrected chi connectivity index (χ1v) is 12.0. The van der Waals surface area contributed by atoms with Crippen LogP contribution in [0.5, 0.6) is 5.75 Å². The number of likely N-dealkylation sites (tertiary alicyclic amines) is 1. The number of methoxy groups -OCH3 is 1. The molecule has 0 bridgehead atoms. The van der Waals surface area contributed by atoms with Crippen molar-refractivity contribution in [2.45, 2.75) is 37.9 Å². The van der Waals surface area contributed by atoms with Gasteiger partial charge in [0, 0.05) is 42.4 Å². The molecule has 12 heteroatoms. The zero-order chi connectivity index (χ0) is 27.0. The molecule has 9 nitrogen and oxygen atoms in total. The van der Waals surface area contributed by atoms with E-state index >= 15 is 0 Å². The van der Waals surface area contributed by atoms with E-state index in [9.17, 15) is 18.0 Å². The molecule has 1 fully saturated rings. The van der Waals surface area contributed by atoms with Gasteiger partial charge in [-0.15, -0.1) is 0 Å². The van der Waals surface area contributed by atoms with Gasteiger partial charge in [-0.05, 0) is 50.1 Å². The highest BCUT2D eigenvalue weighted by Crippen LogP contribution is 2.38. The number of piperidine rings is 1. The van der Waals surface area contributed by atoms with Crippen molar-refractivity contribution in [1.29, 1.82) is 0 Å². The van der Waals surface area contributed by atoms with E-state index in [1.807, 2.05) is 0 Å². The van der Waals surface area contributed by atoms with Gasteiger partial charge >= 0.3 is 6.18 Å². The quantitative estimate of drug-likeness (QED) is 0.396. The molecule has 0 unspecified atom stereocenters. The molecule has 1 atom stereocenters. The van der Waals surface area contributed by atoms with E-state index in [0.717, 1.165) is 11.9 Å². The second kappa shape index (κ2) is 10.0. The van der Waals surface area contributed by atoms with Gasteiger partial charge in [-0.2, -0.15) is 13.2 Å². The number of ether oxygens (including phenoxy) is 1. The number of rotatable bonds is 5. The fraction of sp³-hybridized carbons (Fsp3) is 0.346. The number of alkyl halides is 3. The number of amides is 1. The minimum absolute atomic E-state index is 0.00143. The van der Waals surface area contributed by atoms with Crippen LogP contribution in [0.1, 0.15) is 59.5 Å². The Hall–Kier alpha value is -4.06. The van der Waals surface area contributed by atoms with Crippen LogP contribution >= 0.6 is 0 Å². The van der Waals surface area contributed by atoms with Crippen molar-refractivity contribution < 1.29 is 27.1 Å². The number of benzene rings is 1. The summed E-state index contributed by atoms with van der Waals surface area (Å²) in [5.41, 5.74) is 5.51. The van der Waals surface area contributed by atoms with E-state index in [0.29, 0.717) is 36.9 Å². The molecule has 2 N–H and O–H groups in total. The molecule has 0 saturated carbocycles. The molecule has 4 heterocycles. The van der Waals surface area contributed by atoms with E-state index in [4.69, 9.17) is 14.9 Å². The van der Waals surface area contributed by atoms with E-state index in [-0.39, 0.29) is 40.4 Å². The van der Waals surface area contributed by atoms with Gasteiger partial charge in [-0.25, -0.2) is 19.9 Å². The Morgan fingerprint density at radius 3 is 2.47 bits per heavy atom. The highest BCUT2D eigenvalue weighted by molar-refractivity contribution is 5.98. The normalized spacial score (nSPS) is 15.6. The first-order valence-electron chi connectivity index (χ1n) is 12.0. The molecular weight excluding hydrogens is 501 g/mol. The number of nitrogens with two attached hydrogens (primary N) is 1. The zero-order valence-corrected chi connectivity index (χ0v) is 20.7. The lowest BCUT2D eigenvalue weighted by atomic mass is 9.95. The van der Waals surface area contributed by atoms with E-state index in [1.165, 1.54) is 19.2 Å². The summed E-state index contributed by atoms with van der Waals surface area (Å²) in [6.45, 7) is 2.64. The average Bonchev–Trinajstić information content (AvgIpc) is 3.37. The standard InChI is InChI=1S/C26H25F3N6O3/c1-14(30)22-21(25(36)35-12-8-15(9-13-35)23-31-10-3-11-32-23)34-24(38-22)17-4-6-18(37-2)20-16(17)5-7-19(33-20)26(27,28)29/h3-7,10-11,14-15H,8-9,12-13,30H2,1-2H3/t14-/m0/s1. The summed E-state index contributed by atoms with van der Waals surface area (Å²) < 4.78 is 51.1. The highest BCUT2D eigenvalue weighted by Gasteiger charge is 2.34. The molecule has 0 radical (unpaired) electrons. The van der Waals surface area contributed by atoms with Gasteiger partial charge in [0.25, 0.3) is 5.91 Å². The highest BCUT2D eigenvalue weighted by atomic mass is 19.4. The van der Waals surface area contributed by atoms with Crippen LogP contribution in [0.3, 0.4) is 0 Å². The zero-order valence-electron chi connectivity index (χ0n) is 20.7. The Bertz CT molecular complexity index is 1460. The number of hydrogen-bond donors (Lipinski definition) is 1. The summed E-state index contributed by atoms with van der Waals surface area (Å²) in [5, 5.41) is 0.331. The van der Waals surface area contributed by atoms with Gasteiger partial charge in [0.15, 0.2) is 11.5 Å². The topological polar surface area (TPSA) is 120 Å². The number of pyridine rings is 1. The van der Waals surface area contributed by atoms with Gasteiger partial charge in [-0.3, -0.25) is 4.79 Å². The molecule has 0 spiro atoms. The third kappa shape index (κ3) is 4.78. The van der Waals surface area contributed by atoms with Crippen LogP contribution in [0.4, 0.5) is 13.2 Å². The van der Waals surface area contributed by atoms with Gasteiger partial charge in [0.05, 0.1) is 13.2 Å². The van der Waals surface area contributed by atoms with Crippen molar-refractivity contribution in [3.63, 3.8) is 0 Å². The summed E-state index contributed by atoms with van der Waals surface area (Å²) in [4.78, 5) is 32.1. The number of halogens is 3. The molecule has 1 saturated heterocycles. The number of nitrogens with zero attached hydrogens (tertiary/aromatic N) is 5. The Kier molecular flexibility index (Phi) is 6.74. The Balaban J connectivity index is 1.48. The Labute approximate surface area is 215 Å². The first-order chi connectivity index (χ1) is 18.2. The van der Waals surface area contributed by atoms with Crippen LogP contribution < -0.4 is 10.5 Å². The smallest absolute Gasteiger partial charge is 0.433 e. The van der Waals surface area contributed by atoms with Gasteiger partial charge in [0.2, 0.25) is 5.89 Å². The lowest BCUT2D eigenvalue weighted by Crippen LogP contribution is -2.39. The average molecular weight is 527 g/mol. The van der Waals surface area contributed by atoms with E-state index in [1.54, 1.807) is 36.4 Å². The third-order valence-corrected chi connectivity index (χ3v) is 6.56. The van der Waals surface area contributed by atoms with Crippen LogP contribution in [0, 0.1) is 0 Å². The summed E-state index contributed by atoms with van der Waals surface area (Å²) in [6, 6.07) is 6.37. The maximum atomic E-state index is 13.5. The molecule has 198 valence electrons. The summed E-state index contributed by atoms with van der Waals surface area (Å²) >= 11 is 0. The minimum Gasteiger partial charge on any atom is -0.494 e. The summed E-state index contributed by atoms with van der Waals surface area (Å²) in [7, 11) is 1.35. The van der Waals surface area contributed by atoms with Crippen LogP contribution in [0.2, 0.25) is 0 Å². The van der Waals surface area contributed by atoms with Crippen LogP contribution in [-0.4, -0.2) is 50.9 Å². The first kappa shape index (κ1) is 25.6. The predicted molar refractivity (Wildman–Crippen MR) is 131 cm³/mol. The van der Waals surface area contributed by atoms with Crippen molar-refractivity contribution in [3.8, 4) is 17.2 Å². The van der Waals surface area contributed by atoms with Gasteiger partial charge in [0.1, 0.15) is 22.8 Å². The maximum Gasteiger partial charge on any atom is 0.433 e. The Morgan fingerprint density at radius 1 is 1.13 bits per heavy atom. The van der Waals surface area contributed by atoms with Crippen LogP contribution in [0.15, 0.2) is 47.1 Å². The van der Waals surface area contributed by atoms with E-state index < -0.39 is 17.9 Å². The summed E-state index contributed by atoms with van der Waals surface area (Å²) in [6.07, 6.45) is 0.177. The van der Waals surface area contributed by atoms with Gasteiger partial charge < -0.3 is 19.8 Å². The molecule has 1 aliphatic heterocycles. The van der Waals surface area contributed by atoms with Crippen LogP contribution in [0.25, 0.3) is 22.4 Å². The fourth-order valence-corrected chi connectivity index (χ4v) is 4.62. The monoisotopic (exact) mass is 526 g/mol.